The Morgan fingerprint density at radius 2 is 2.12 bits per heavy atom. The van der Waals surface area contributed by atoms with Crippen molar-refractivity contribution in [3.63, 3.8) is 0 Å². The predicted octanol–water partition coefficient (Wildman–Crippen LogP) is 3.34. The Morgan fingerprint density at radius 3 is 2.69 bits per heavy atom. The molecule has 0 spiro atoms. The maximum Gasteiger partial charge on any atom is 0.238 e. The fourth-order valence-electron chi connectivity index (χ4n) is 0.936. The van der Waals surface area contributed by atoms with Gasteiger partial charge in [-0.1, -0.05) is 0 Å². The van der Waals surface area contributed by atoms with Crippen LogP contribution in [0.1, 0.15) is 6.42 Å². The van der Waals surface area contributed by atoms with Crippen LogP contribution in [0.4, 0.5) is 14.5 Å². The Kier molecular flexibility index (Phi) is 4.38. The molecule has 0 aromatic heterocycles. The van der Waals surface area contributed by atoms with Crippen LogP contribution >= 0.6 is 31.9 Å². The quantitative estimate of drug-likeness (QED) is 0.654. The minimum absolute atomic E-state index is 0.0548. The second kappa shape index (κ2) is 5.37. The number of anilines is 1. The summed E-state index contributed by atoms with van der Waals surface area (Å²) in [6, 6.07) is 2.53. The van der Waals surface area contributed by atoms with Crippen LogP contribution in [0.25, 0.3) is 0 Å². The van der Waals surface area contributed by atoms with E-state index in [2.05, 4.69) is 37.2 Å². The summed E-state index contributed by atoms with van der Waals surface area (Å²) in [7, 11) is 0. The van der Waals surface area contributed by atoms with Gasteiger partial charge in [0.05, 0.1) is 16.2 Å². The molecule has 0 aliphatic rings. The number of benzene rings is 1. The molecule has 0 aliphatic heterocycles. The lowest BCUT2D eigenvalue weighted by atomic mass is 10.3. The van der Waals surface area contributed by atoms with Crippen LogP contribution in [-0.4, -0.2) is 5.91 Å². The number of nitrogens with zero attached hydrogens (tertiary/aromatic N) is 1. The van der Waals surface area contributed by atoms with Crippen LogP contribution in [0.2, 0.25) is 0 Å². The second-order valence-electron chi connectivity index (χ2n) is 2.73. The molecule has 0 aliphatic carbocycles. The van der Waals surface area contributed by atoms with Crippen molar-refractivity contribution >= 4 is 43.5 Å². The minimum Gasteiger partial charge on any atom is -0.323 e. The van der Waals surface area contributed by atoms with E-state index in [9.17, 15) is 13.6 Å². The van der Waals surface area contributed by atoms with E-state index in [1.54, 1.807) is 6.07 Å². The average molecular weight is 354 g/mol. The minimum atomic E-state index is -1.10. The molecule has 0 saturated heterocycles. The Hall–Kier alpha value is -1.00. The van der Waals surface area contributed by atoms with Crippen LogP contribution in [0.5, 0.6) is 0 Å². The van der Waals surface area contributed by atoms with E-state index in [0.29, 0.717) is 0 Å². The summed E-state index contributed by atoms with van der Waals surface area (Å²) < 4.78 is 26.0. The highest BCUT2D eigenvalue weighted by atomic mass is 79.9. The third kappa shape index (κ3) is 2.77. The first kappa shape index (κ1) is 13.1. The van der Waals surface area contributed by atoms with Crippen LogP contribution in [0.15, 0.2) is 15.0 Å². The van der Waals surface area contributed by atoms with Gasteiger partial charge in [0.2, 0.25) is 5.91 Å². The Labute approximate surface area is 107 Å². The summed E-state index contributed by atoms with van der Waals surface area (Å²) >= 11 is 5.80. The van der Waals surface area contributed by atoms with Crippen molar-refractivity contribution in [3.8, 4) is 6.07 Å². The van der Waals surface area contributed by atoms with Gasteiger partial charge in [-0.05, 0) is 37.9 Å². The first-order valence-electron chi connectivity index (χ1n) is 3.97. The van der Waals surface area contributed by atoms with Crippen LogP contribution in [-0.2, 0) is 4.79 Å². The molecule has 7 heteroatoms. The lowest BCUT2D eigenvalue weighted by Crippen LogP contribution is -2.12. The molecule has 84 valence electrons. The highest BCUT2D eigenvalue weighted by Gasteiger charge is 2.17. The molecule has 3 nitrogen and oxygen atoms in total. The largest absolute Gasteiger partial charge is 0.323 e. The molecule has 1 aromatic rings. The zero-order valence-corrected chi connectivity index (χ0v) is 10.8. The summed E-state index contributed by atoms with van der Waals surface area (Å²) in [6.45, 7) is 0. The molecule has 0 heterocycles. The van der Waals surface area contributed by atoms with Gasteiger partial charge in [-0.2, -0.15) is 5.26 Å². The van der Waals surface area contributed by atoms with E-state index >= 15 is 0 Å². The number of halogens is 4. The molecule has 16 heavy (non-hydrogen) atoms. The third-order valence-corrected chi connectivity index (χ3v) is 2.99. The fraction of sp³-hybridized carbons (Fsp3) is 0.111. The third-order valence-electron chi connectivity index (χ3n) is 1.62. The molecule has 0 atom stereocenters. The number of amides is 1. The highest BCUT2D eigenvalue weighted by molar-refractivity contribution is 9.11. The standard InChI is InChI=1S/C9H4Br2F2N2O/c10-4-3-5(12)8(13)7(11)9(4)15-6(16)1-2-14/h3H,1H2,(H,15,16). The predicted molar refractivity (Wildman–Crippen MR) is 60.6 cm³/mol. The van der Waals surface area contributed by atoms with E-state index < -0.39 is 17.5 Å². The van der Waals surface area contributed by atoms with Crippen LogP contribution in [0.3, 0.4) is 0 Å². The number of nitriles is 1. The van der Waals surface area contributed by atoms with Crippen molar-refractivity contribution in [2.24, 2.45) is 0 Å². The summed E-state index contributed by atoms with van der Waals surface area (Å²) in [5, 5.41) is 10.6. The van der Waals surface area contributed by atoms with Gasteiger partial charge in [-0.15, -0.1) is 0 Å². The van der Waals surface area contributed by atoms with Crippen LogP contribution in [0, 0.1) is 23.0 Å². The van der Waals surface area contributed by atoms with Gasteiger partial charge >= 0.3 is 0 Å². The van der Waals surface area contributed by atoms with Crippen molar-refractivity contribution in [2.75, 3.05) is 5.32 Å². The molecule has 0 bridgehead atoms. The van der Waals surface area contributed by atoms with E-state index in [0.717, 1.165) is 6.07 Å². The molecule has 1 aromatic carbocycles. The fourth-order valence-corrected chi connectivity index (χ4v) is 2.20. The molecule has 0 fully saturated rings. The normalized spacial score (nSPS) is 9.69. The molecule has 0 saturated carbocycles. The van der Waals surface area contributed by atoms with E-state index in [1.165, 1.54) is 0 Å². The summed E-state index contributed by atoms with van der Waals surface area (Å²) in [5.41, 5.74) is 0.0548. The van der Waals surface area contributed by atoms with Gasteiger partial charge in [0.15, 0.2) is 11.6 Å². The number of carbonyl (C=O) groups is 1. The topological polar surface area (TPSA) is 52.9 Å². The number of carbonyl (C=O) groups excluding carboxylic acids is 1. The smallest absolute Gasteiger partial charge is 0.238 e. The second-order valence-corrected chi connectivity index (χ2v) is 4.37. The zero-order valence-electron chi connectivity index (χ0n) is 7.65. The van der Waals surface area contributed by atoms with Gasteiger partial charge in [-0.3, -0.25) is 4.79 Å². The van der Waals surface area contributed by atoms with Crippen molar-refractivity contribution in [2.45, 2.75) is 6.42 Å². The first-order valence-corrected chi connectivity index (χ1v) is 5.55. The van der Waals surface area contributed by atoms with Gasteiger partial charge in [0.25, 0.3) is 0 Å². The first-order chi connectivity index (χ1) is 7.47. The van der Waals surface area contributed by atoms with Gasteiger partial charge < -0.3 is 5.32 Å². The van der Waals surface area contributed by atoms with Crippen molar-refractivity contribution in [1.29, 1.82) is 5.26 Å². The SMILES string of the molecule is N#CCC(=O)Nc1c(Br)cc(F)c(F)c1Br. The Bertz CT molecular complexity index is 485. The lowest BCUT2D eigenvalue weighted by Gasteiger charge is -2.09. The molecule has 0 unspecified atom stereocenters. The molecule has 1 amide bonds. The average Bonchev–Trinajstić information content (AvgIpc) is 2.22. The van der Waals surface area contributed by atoms with Crippen molar-refractivity contribution in [1.82, 2.24) is 0 Å². The number of hydrogen-bond donors (Lipinski definition) is 1. The van der Waals surface area contributed by atoms with E-state index in [1.807, 2.05) is 0 Å². The summed E-state index contributed by atoms with van der Waals surface area (Å²) in [6.07, 6.45) is -0.363. The number of nitrogens with one attached hydrogen (secondary N) is 1. The summed E-state index contributed by atoms with van der Waals surface area (Å²) in [5.74, 6) is -2.75. The maximum absolute atomic E-state index is 13.1. The van der Waals surface area contributed by atoms with Crippen molar-refractivity contribution < 1.29 is 13.6 Å². The summed E-state index contributed by atoms with van der Waals surface area (Å²) in [4.78, 5) is 11.1. The van der Waals surface area contributed by atoms with Gasteiger partial charge in [0, 0.05) is 4.47 Å². The van der Waals surface area contributed by atoms with Crippen molar-refractivity contribution in [3.05, 3.63) is 26.6 Å². The molecule has 0 radical (unpaired) electrons. The maximum atomic E-state index is 13.1. The Morgan fingerprint density at radius 1 is 1.50 bits per heavy atom. The van der Waals surface area contributed by atoms with Gasteiger partial charge in [-0.25, -0.2) is 8.78 Å². The lowest BCUT2D eigenvalue weighted by molar-refractivity contribution is -0.115. The van der Waals surface area contributed by atoms with E-state index in [4.69, 9.17) is 5.26 Å². The zero-order chi connectivity index (χ0) is 12.3. The molecule has 1 N–H and O–H groups in total. The van der Waals surface area contributed by atoms with Gasteiger partial charge in [0.1, 0.15) is 6.42 Å². The van der Waals surface area contributed by atoms with E-state index in [-0.39, 0.29) is 21.1 Å². The number of hydrogen-bond acceptors (Lipinski definition) is 2. The monoisotopic (exact) mass is 352 g/mol. The highest BCUT2D eigenvalue weighted by Crippen LogP contribution is 2.34. The molecular formula is C9H4Br2F2N2O. The Balaban J connectivity index is 3.11. The molecular weight excluding hydrogens is 350 g/mol. The van der Waals surface area contributed by atoms with Crippen LogP contribution < -0.4 is 5.32 Å². The molecule has 1 rings (SSSR count). The number of rotatable bonds is 2.